The highest BCUT2D eigenvalue weighted by molar-refractivity contribution is 7.13. The summed E-state index contributed by atoms with van der Waals surface area (Å²) in [5.74, 6) is 0. The number of hydrogen-bond acceptors (Lipinski definition) is 5. The zero-order valence-corrected chi connectivity index (χ0v) is 14.5. The smallest absolute Gasteiger partial charge is 0.203 e. The molecular weight excluding hydrogens is 304 g/mol. The Morgan fingerprint density at radius 3 is 2.74 bits per heavy atom. The molecule has 2 heterocycles. The summed E-state index contributed by atoms with van der Waals surface area (Å²) in [4.78, 5) is 6.92. The van der Waals surface area contributed by atoms with Crippen molar-refractivity contribution in [2.45, 2.75) is 39.2 Å². The first-order chi connectivity index (χ1) is 11.3. The average Bonchev–Trinajstić information content (AvgIpc) is 2.81. The fourth-order valence-electron chi connectivity index (χ4n) is 2.90. The van der Waals surface area contributed by atoms with E-state index in [1.165, 1.54) is 49.9 Å². The highest BCUT2D eigenvalue weighted by atomic mass is 32.1. The van der Waals surface area contributed by atoms with Crippen LogP contribution in [0.3, 0.4) is 0 Å². The van der Waals surface area contributed by atoms with Crippen molar-refractivity contribution in [2.24, 2.45) is 5.10 Å². The number of benzene rings is 1. The lowest BCUT2D eigenvalue weighted by atomic mass is 10.1. The average molecular weight is 328 g/mol. The molecule has 0 atom stereocenters. The maximum atomic E-state index is 4.35. The molecule has 1 N–H and O–H groups in total. The Hall–Kier alpha value is -1.72. The third kappa shape index (κ3) is 4.88. The standard InChI is InChI=1S/C18H24N4S/c1-15-14-23-18(20-15)21-19-12-16-8-4-5-9-17(16)13-22-10-6-2-3-7-11-22/h4-5,8-9,12,14H,2-3,6-7,10-11,13H2,1H3,(H,20,21). The Labute approximate surface area is 142 Å². The number of nitrogens with one attached hydrogen (secondary N) is 1. The zero-order chi connectivity index (χ0) is 15.9. The van der Waals surface area contributed by atoms with Crippen molar-refractivity contribution in [3.8, 4) is 0 Å². The van der Waals surface area contributed by atoms with Crippen LogP contribution in [-0.2, 0) is 6.54 Å². The number of likely N-dealkylation sites (tertiary alicyclic amines) is 1. The van der Waals surface area contributed by atoms with E-state index in [4.69, 9.17) is 0 Å². The summed E-state index contributed by atoms with van der Waals surface area (Å²) in [6, 6.07) is 8.52. The van der Waals surface area contributed by atoms with Crippen LogP contribution in [0.1, 0.15) is 42.5 Å². The van der Waals surface area contributed by atoms with Crippen LogP contribution in [0.5, 0.6) is 0 Å². The number of hydrazone groups is 1. The first-order valence-electron chi connectivity index (χ1n) is 8.33. The molecule has 0 spiro atoms. The van der Waals surface area contributed by atoms with Crippen molar-refractivity contribution < 1.29 is 0 Å². The van der Waals surface area contributed by atoms with Gasteiger partial charge in [0.05, 0.1) is 11.9 Å². The van der Waals surface area contributed by atoms with Gasteiger partial charge in [0.15, 0.2) is 0 Å². The number of nitrogens with zero attached hydrogens (tertiary/aromatic N) is 3. The summed E-state index contributed by atoms with van der Waals surface area (Å²) >= 11 is 1.58. The Balaban J connectivity index is 1.64. The van der Waals surface area contributed by atoms with Gasteiger partial charge in [0, 0.05) is 11.9 Å². The van der Waals surface area contributed by atoms with Crippen molar-refractivity contribution in [2.75, 3.05) is 18.5 Å². The molecule has 122 valence electrons. The minimum absolute atomic E-state index is 0.837. The first-order valence-corrected chi connectivity index (χ1v) is 9.21. The van der Waals surface area contributed by atoms with Gasteiger partial charge in [-0.1, -0.05) is 37.1 Å². The van der Waals surface area contributed by atoms with Crippen LogP contribution in [0.4, 0.5) is 5.13 Å². The second-order valence-corrected chi connectivity index (χ2v) is 6.91. The summed E-state index contributed by atoms with van der Waals surface area (Å²) in [6.07, 6.45) is 7.29. The third-order valence-corrected chi connectivity index (χ3v) is 5.00. The minimum Gasteiger partial charge on any atom is -0.299 e. The molecule has 0 aliphatic carbocycles. The summed E-state index contributed by atoms with van der Waals surface area (Å²) < 4.78 is 0. The fourth-order valence-corrected chi connectivity index (χ4v) is 3.54. The number of rotatable bonds is 5. The van der Waals surface area contributed by atoms with Gasteiger partial charge in [0.2, 0.25) is 5.13 Å². The maximum Gasteiger partial charge on any atom is 0.203 e. The maximum absolute atomic E-state index is 4.35. The molecule has 23 heavy (non-hydrogen) atoms. The van der Waals surface area contributed by atoms with Crippen LogP contribution >= 0.6 is 11.3 Å². The second kappa shape index (κ2) is 8.22. The van der Waals surface area contributed by atoms with Gasteiger partial charge < -0.3 is 0 Å². The van der Waals surface area contributed by atoms with Crippen molar-refractivity contribution in [1.29, 1.82) is 0 Å². The van der Waals surface area contributed by atoms with E-state index in [1.54, 1.807) is 11.3 Å². The Bertz CT molecular complexity index is 642. The van der Waals surface area contributed by atoms with Crippen LogP contribution < -0.4 is 5.43 Å². The molecule has 2 aromatic rings. The number of hydrogen-bond donors (Lipinski definition) is 1. The van der Waals surface area contributed by atoms with Crippen LogP contribution in [0.25, 0.3) is 0 Å². The monoisotopic (exact) mass is 328 g/mol. The quantitative estimate of drug-likeness (QED) is 0.658. The van der Waals surface area contributed by atoms with Gasteiger partial charge in [0.25, 0.3) is 0 Å². The molecule has 3 rings (SSSR count). The summed E-state index contributed by atoms with van der Waals surface area (Å²) in [7, 11) is 0. The Morgan fingerprint density at radius 2 is 2.00 bits per heavy atom. The van der Waals surface area contributed by atoms with E-state index in [1.807, 2.05) is 18.5 Å². The van der Waals surface area contributed by atoms with E-state index in [-0.39, 0.29) is 0 Å². The third-order valence-electron chi connectivity index (χ3n) is 4.13. The molecule has 4 nitrogen and oxygen atoms in total. The molecule has 0 unspecified atom stereocenters. The lowest BCUT2D eigenvalue weighted by Crippen LogP contribution is -2.24. The first kappa shape index (κ1) is 16.1. The van der Waals surface area contributed by atoms with Gasteiger partial charge >= 0.3 is 0 Å². The Morgan fingerprint density at radius 1 is 1.22 bits per heavy atom. The molecule has 1 aliphatic rings. The lowest BCUT2D eigenvalue weighted by molar-refractivity contribution is 0.277. The largest absolute Gasteiger partial charge is 0.299 e. The zero-order valence-electron chi connectivity index (χ0n) is 13.7. The number of anilines is 1. The van der Waals surface area contributed by atoms with Crippen molar-refractivity contribution >= 4 is 22.7 Å². The highest BCUT2D eigenvalue weighted by Crippen LogP contribution is 2.16. The molecular formula is C18H24N4S. The van der Waals surface area contributed by atoms with E-state index in [9.17, 15) is 0 Å². The molecule has 0 bridgehead atoms. The molecule has 5 heteroatoms. The van der Waals surface area contributed by atoms with Crippen molar-refractivity contribution in [3.63, 3.8) is 0 Å². The second-order valence-electron chi connectivity index (χ2n) is 6.05. The van der Waals surface area contributed by atoms with Gasteiger partial charge in [-0.2, -0.15) is 5.10 Å². The lowest BCUT2D eigenvalue weighted by Gasteiger charge is -2.20. The van der Waals surface area contributed by atoms with Crippen molar-refractivity contribution in [1.82, 2.24) is 9.88 Å². The van der Waals surface area contributed by atoms with E-state index in [0.29, 0.717) is 0 Å². The van der Waals surface area contributed by atoms with Gasteiger partial charge in [-0.15, -0.1) is 11.3 Å². The number of thiazole rings is 1. The highest BCUT2D eigenvalue weighted by Gasteiger charge is 2.10. The molecule has 1 aromatic heterocycles. The van der Waals surface area contributed by atoms with E-state index >= 15 is 0 Å². The van der Waals surface area contributed by atoms with Crippen LogP contribution in [-0.4, -0.2) is 29.2 Å². The predicted molar refractivity (Wildman–Crippen MR) is 98.3 cm³/mol. The number of aryl methyl sites for hydroxylation is 1. The summed E-state index contributed by atoms with van der Waals surface area (Å²) in [5.41, 5.74) is 6.56. The molecule has 0 amide bonds. The number of aromatic nitrogens is 1. The van der Waals surface area contributed by atoms with E-state index in [0.717, 1.165) is 17.4 Å². The molecule has 0 saturated carbocycles. The molecule has 0 radical (unpaired) electrons. The predicted octanol–water partition coefficient (Wildman–Crippen LogP) is 4.27. The molecule has 1 saturated heterocycles. The van der Waals surface area contributed by atoms with Gasteiger partial charge in [0.1, 0.15) is 0 Å². The fraction of sp³-hybridized carbons (Fsp3) is 0.444. The SMILES string of the molecule is Cc1csc(NN=Cc2ccccc2CN2CCCCCC2)n1. The van der Waals surface area contributed by atoms with Gasteiger partial charge in [-0.3, -0.25) is 10.3 Å². The minimum atomic E-state index is 0.837. The van der Waals surface area contributed by atoms with E-state index in [2.05, 4.69) is 44.7 Å². The Kier molecular flexibility index (Phi) is 5.77. The van der Waals surface area contributed by atoms with Crippen molar-refractivity contribution in [3.05, 3.63) is 46.5 Å². The normalized spacial score (nSPS) is 16.6. The van der Waals surface area contributed by atoms with Gasteiger partial charge in [-0.25, -0.2) is 4.98 Å². The van der Waals surface area contributed by atoms with Crippen LogP contribution in [0.15, 0.2) is 34.7 Å². The van der Waals surface area contributed by atoms with Crippen LogP contribution in [0, 0.1) is 6.92 Å². The molecule has 1 aromatic carbocycles. The molecule has 1 fully saturated rings. The molecule has 1 aliphatic heterocycles. The summed E-state index contributed by atoms with van der Waals surface area (Å²) in [6.45, 7) is 5.42. The summed E-state index contributed by atoms with van der Waals surface area (Å²) in [5, 5.41) is 7.21. The topological polar surface area (TPSA) is 40.5 Å². The van der Waals surface area contributed by atoms with E-state index < -0.39 is 0 Å². The van der Waals surface area contributed by atoms with Crippen LogP contribution in [0.2, 0.25) is 0 Å². The van der Waals surface area contributed by atoms with Gasteiger partial charge in [-0.05, 0) is 44.0 Å².